The van der Waals surface area contributed by atoms with Crippen LogP contribution in [0.3, 0.4) is 0 Å². The fourth-order valence-corrected chi connectivity index (χ4v) is 12.0. The number of rotatable bonds is 20. The summed E-state index contributed by atoms with van der Waals surface area (Å²) in [5.74, 6) is 14.7. The summed E-state index contributed by atoms with van der Waals surface area (Å²) in [6.07, 6.45) is 54.4. The molecular weight excluding hydrogens is 1110 g/mol. The standard InChI is InChI=1S/C8H18.6C7H16.C6H10.6C6H12/c1-4-6-7-8(3)5-2;1-6(2)5-7(3)4;1-5-6-7(2,3)4;1-5-7(4)6(2)3;2*1-4-5-6-7(2)3;1-3-5-7-6-4-2;1-5-4-6(5)2-3-6;1-5-4-6(5,2)3;1-5-3-6(2)4-5;1-6(2)4-3-5-6;1-5-3-4-6(5)2;1-6-4-2-3-5-6;1-2-6-4-3-5-6/h8H,4-7H2,1-3H3;6-7H,5H2,1-4H3;5-6H2,1-4H3;6-7H,5H2,1-4H3;2*7H,4-6H2,1-3H3;3-7H2,1-2H3;5H,2-4H2,1H3;5H,4H2,1-3H3;5-6H,3-4H2,1-2H3;3-5H2,1-2H3;5-6H,3-4H2,1-2H3;2*6H,2-5H2,1H3/t8-;;;7-;;;;5-;;;;5-,6?;;/m1..0...0...1../s1. The van der Waals surface area contributed by atoms with E-state index in [4.69, 9.17) is 0 Å². The van der Waals surface area contributed by atoms with Crippen LogP contribution in [0.25, 0.3) is 0 Å². The van der Waals surface area contributed by atoms with Crippen molar-refractivity contribution >= 4 is 0 Å². The second-order valence-electron chi connectivity index (χ2n) is 37.6. The van der Waals surface area contributed by atoms with Gasteiger partial charge in [0.2, 0.25) is 0 Å². The van der Waals surface area contributed by atoms with Crippen LogP contribution < -0.4 is 0 Å². The van der Waals surface area contributed by atoms with Gasteiger partial charge in [-0.05, 0) is 175 Å². The van der Waals surface area contributed by atoms with Crippen molar-refractivity contribution in [2.24, 2.45) is 110 Å². The lowest BCUT2D eigenvalue weighted by Gasteiger charge is -2.33. The molecule has 0 saturated heterocycles. The Balaban J connectivity index is -0.000000216. The highest BCUT2D eigenvalue weighted by atomic mass is 14.6. The second kappa shape index (κ2) is 64.4. The lowest BCUT2D eigenvalue weighted by atomic mass is 9.72. The third-order valence-corrected chi connectivity index (χ3v) is 22.3. The van der Waals surface area contributed by atoms with E-state index in [2.05, 4.69) is 242 Å². The minimum Gasteiger partial charge on any atom is -0.0654 e. The lowest BCUT2D eigenvalue weighted by Crippen LogP contribution is -2.20. The first-order chi connectivity index (χ1) is 42.7. The Kier molecular flexibility index (Phi) is 72.1. The predicted molar refractivity (Wildman–Crippen MR) is 436 cm³/mol. The smallest absolute Gasteiger partial charge is 0.0268 e. The molecule has 1 spiro atoms. The zero-order valence-electron chi connectivity index (χ0n) is 72.5. The fraction of sp³-hybridized carbons (Fsp3) is 1.00. The van der Waals surface area contributed by atoms with Gasteiger partial charge in [0.25, 0.3) is 0 Å². The fourth-order valence-electron chi connectivity index (χ4n) is 12.0. The minimum atomic E-state index is 0.550. The van der Waals surface area contributed by atoms with Gasteiger partial charge in [-0.15, -0.1) is 0 Å². The molecule has 0 aliphatic heterocycles. The van der Waals surface area contributed by atoms with E-state index in [9.17, 15) is 0 Å². The minimum absolute atomic E-state index is 0.550. The van der Waals surface area contributed by atoms with Gasteiger partial charge in [0.05, 0.1) is 0 Å². The van der Waals surface area contributed by atoms with Gasteiger partial charge >= 0.3 is 0 Å². The van der Waals surface area contributed by atoms with Crippen molar-refractivity contribution in [3.05, 3.63) is 0 Å². The second-order valence-corrected chi connectivity index (χ2v) is 37.6. The van der Waals surface area contributed by atoms with E-state index in [1.807, 2.05) is 0 Å². The largest absolute Gasteiger partial charge is 0.0654 e. The van der Waals surface area contributed by atoms with Gasteiger partial charge in [-0.25, -0.2) is 0 Å². The highest BCUT2D eigenvalue weighted by Gasteiger charge is 2.59. The SMILES string of the molecule is CC(C)CC(C)C.CC1(C)CCC1.CC1CC(C)C1.CC1CC1(C)C.CC1CCCC1.CC1CC[C@H]1C.CCC1CCC1.CCCC(C)(C)C.CCCCC(C)C.CCCCC(C)C.CCCCCCC.CCCC[C@H](C)CC.CC[C@H](C)C(C)C.C[C@H]1CC12CC2. The van der Waals surface area contributed by atoms with Gasteiger partial charge in [-0.3, -0.25) is 0 Å². The molecule has 0 amide bonds. The first-order valence-corrected chi connectivity index (χ1v) is 42.7. The summed E-state index contributed by atoms with van der Waals surface area (Å²) in [4.78, 5) is 0. The predicted octanol–water partition coefficient (Wildman–Crippen LogP) is 34.6. The Labute approximate surface area is 593 Å². The summed E-state index contributed by atoms with van der Waals surface area (Å²) in [5.41, 5.74) is 2.94. The van der Waals surface area contributed by atoms with Crippen LogP contribution in [0.1, 0.15) is 486 Å². The Morgan fingerprint density at radius 3 is 0.837 bits per heavy atom. The van der Waals surface area contributed by atoms with Crippen LogP contribution in [0.5, 0.6) is 0 Å². The van der Waals surface area contributed by atoms with Crippen LogP contribution in [-0.2, 0) is 0 Å². The maximum atomic E-state index is 2.37. The molecule has 8 saturated carbocycles. The van der Waals surface area contributed by atoms with Crippen LogP contribution in [0, 0.1) is 110 Å². The first-order valence-electron chi connectivity index (χ1n) is 42.7. The molecule has 92 heavy (non-hydrogen) atoms. The molecule has 0 heteroatoms. The Hall–Kier alpha value is 0. The molecule has 6 atom stereocenters. The number of unbranched alkanes of at least 4 members (excludes halogenated alkanes) is 7. The summed E-state index contributed by atoms with van der Waals surface area (Å²) in [6.45, 7) is 80.0. The first kappa shape index (κ1) is 103. The van der Waals surface area contributed by atoms with Crippen LogP contribution >= 0.6 is 0 Å². The normalized spacial score (nSPS) is 23.0. The molecule has 8 rings (SSSR count). The number of hydrogen-bond donors (Lipinski definition) is 0. The van der Waals surface area contributed by atoms with Crippen molar-refractivity contribution < 1.29 is 0 Å². The average Bonchev–Trinajstić information content (AvgIpc) is 1.56. The van der Waals surface area contributed by atoms with E-state index in [-0.39, 0.29) is 0 Å². The third kappa shape index (κ3) is 79.0. The molecule has 564 valence electrons. The molecule has 0 heterocycles. The van der Waals surface area contributed by atoms with Crippen molar-refractivity contribution in [3.8, 4) is 0 Å². The van der Waals surface area contributed by atoms with Gasteiger partial charge in [0.1, 0.15) is 0 Å². The Bertz CT molecular complexity index is 1330. The summed E-state index contributed by atoms with van der Waals surface area (Å²) in [6, 6.07) is 0. The summed E-state index contributed by atoms with van der Waals surface area (Å²) >= 11 is 0. The van der Waals surface area contributed by atoms with Crippen molar-refractivity contribution in [1.29, 1.82) is 0 Å². The molecular formula is C92H196. The molecule has 0 aromatic heterocycles. The summed E-state index contributed by atoms with van der Waals surface area (Å²) in [5, 5.41) is 0. The zero-order chi connectivity index (χ0) is 72.5. The van der Waals surface area contributed by atoms with E-state index in [1.54, 1.807) is 19.3 Å². The van der Waals surface area contributed by atoms with Crippen LogP contribution in [0.4, 0.5) is 0 Å². The highest BCUT2D eigenvalue weighted by Crippen LogP contribution is 2.70. The van der Waals surface area contributed by atoms with Crippen molar-refractivity contribution in [3.63, 3.8) is 0 Å². The topological polar surface area (TPSA) is 0 Å². The number of hydrogen-bond acceptors (Lipinski definition) is 0. The molecule has 8 aliphatic rings. The van der Waals surface area contributed by atoms with Crippen molar-refractivity contribution in [1.82, 2.24) is 0 Å². The summed E-state index contributed by atoms with van der Waals surface area (Å²) < 4.78 is 0. The van der Waals surface area contributed by atoms with Gasteiger partial charge in [-0.2, -0.15) is 0 Å². The van der Waals surface area contributed by atoms with Gasteiger partial charge < -0.3 is 0 Å². The van der Waals surface area contributed by atoms with Gasteiger partial charge in [0, 0.05) is 0 Å². The van der Waals surface area contributed by atoms with Gasteiger partial charge in [-0.1, -0.05) is 422 Å². The molecule has 8 aliphatic carbocycles. The lowest BCUT2D eigenvalue weighted by molar-refractivity contribution is 0.190. The van der Waals surface area contributed by atoms with E-state index in [0.29, 0.717) is 10.8 Å². The van der Waals surface area contributed by atoms with Crippen molar-refractivity contribution in [2.45, 2.75) is 486 Å². The Morgan fingerprint density at radius 1 is 0.391 bits per heavy atom. The van der Waals surface area contributed by atoms with E-state index in [1.165, 1.54) is 225 Å². The molecule has 0 aromatic rings. The van der Waals surface area contributed by atoms with Crippen LogP contribution in [0.15, 0.2) is 0 Å². The molecule has 0 nitrogen and oxygen atoms in total. The average molecular weight is 1300 g/mol. The van der Waals surface area contributed by atoms with E-state index >= 15 is 0 Å². The van der Waals surface area contributed by atoms with Crippen LogP contribution in [-0.4, -0.2) is 0 Å². The van der Waals surface area contributed by atoms with Crippen LogP contribution in [0.2, 0.25) is 0 Å². The zero-order valence-corrected chi connectivity index (χ0v) is 72.5. The van der Waals surface area contributed by atoms with Gasteiger partial charge in [0.15, 0.2) is 0 Å². The molecule has 0 bridgehead atoms. The molecule has 8 fully saturated rings. The highest BCUT2D eigenvalue weighted by molar-refractivity contribution is 5.10. The maximum Gasteiger partial charge on any atom is -0.0268 e. The molecule has 0 N–H and O–H groups in total. The molecule has 0 aromatic carbocycles. The summed E-state index contributed by atoms with van der Waals surface area (Å²) in [7, 11) is 0. The Morgan fingerprint density at radius 2 is 0.761 bits per heavy atom. The quantitative estimate of drug-likeness (QED) is 0.107. The third-order valence-electron chi connectivity index (χ3n) is 22.3. The maximum absolute atomic E-state index is 2.37. The van der Waals surface area contributed by atoms with E-state index < -0.39 is 0 Å². The van der Waals surface area contributed by atoms with Crippen molar-refractivity contribution in [2.75, 3.05) is 0 Å². The van der Waals surface area contributed by atoms with E-state index in [0.717, 1.165) is 99.6 Å². The molecule has 2 unspecified atom stereocenters. The monoisotopic (exact) mass is 1300 g/mol. The molecule has 0 radical (unpaired) electrons.